The molecule has 0 aromatic heterocycles. The molecule has 2 atom stereocenters. The predicted octanol–water partition coefficient (Wildman–Crippen LogP) is 4.84. The summed E-state index contributed by atoms with van der Waals surface area (Å²) in [6, 6.07) is 17.6. The number of nitrogens with one attached hydrogen (secondary N) is 1. The van der Waals surface area contributed by atoms with Crippen molar-refractivity contribution in [2.75, 3.05) is 18.0 Å². The first-order valence-electron chi connectivity index (χ1n) is 12.0. The Morgan fingerprint density at radius 2 is 1.75 bits per heavy atom. The summed E-state index contributed by atoms with van der Waals surface area (Å²) < 4.78 is 40.0. The van der Waals surface area contributed by atoms with Gasteiger partial charge in [0, 0.05) is 0 Å². The molecule has 4 rings (SSSR count). The van der Waals surface area contributed by atoms with E-state index in [1.807, 2.05) is 52.0 Å². The highest BCUT2D eigenvalue weighted by Crippen LogP contribution is 2.38. The van der Waals surface area contributed by atoms with Gasteiger partial charge in [-0.25, -0.2) is 8.42 Å². The molecule has 7 nitrogen and oxygen atoms in total. The molecule has 190 valence electrons. The van der Waals surface area contributed by atoms with Crippen molar-refractivity contribution in [1.82, 2.24) is 5.32 Å². The van der Waals surface area contributed by atoms with Crippen molar-refractivity contribution in [3.05, 3.63) is 82.9 Å². The number of amides is 1. The van der Waals surface area contributed by atoms with Gasteiger partial charge >= 0.3 is 0 Å². The second kappa shape index (κ2) is 10.2. The molecule has 1 amide bonds. The van der Waals surface area contributed by atoms with Crippen LogP contribution in [0.4, 0.5) is 5.69 Å². The molecule has 1 N–H and O–H groups in total. The zero-order chi connectivity index (χ0) is 26.0. The summed E-state index contributed by atoms with van der Waals surface area (Å²) in [6.45, 7) is 7.60. The molecule has 0 saturated heterocycles. The third-order valence-corrected chi connectivity index (χ3v) is 8.23. The molecule has 36 heavy (non-hydrogen) atoms. The lowest BCUT2D eigenvalue weighted by Crippen LogP contribution is -2.51. The molecule has 0 spiro atoms. The molecule has 0 saturated carbocycles. The van der Waals surface area contributed by atoms with Gasteiger partial charge in [0.15, 0.2) is 6.10 Å². The van der Waals surface area contributed by atoms with Crippen LogP contribution in [0.15, 0.2) is 65.6 Å². The first kappa shape index (κ1) is 25.6. The van der Waals surface area contributed by atoms with Crippen LogP contribution in [0.1, 0.15) is 41.6 Å². The van der Waals surface area contributed by atoms with E-state index in [1.165, 1.54) is 4.31 Å². The molecule has 8 heteroatoms. The van der Waals surface area contributed by atoms with Crippen molar-refractivity contribution in [3.63, 3.8) is 0 Å². The highest BCUT2D eigenvalue weighted by Gasteiger charge is 2.38. The number of ether oxygens (including phenoxy) is 2. The van der Waals surface area contributed by atoms with Crippen molar-refractivity contribution >= 4 is 21.6 Å². The number of hydrogen-bond acceptors (Lipinski definition) is 5. The van der Waals surface area contributed by atoms with Gasteiger partial charge in [-0.3, -0.25) is 9.10 Å². The van der Waals surface area contributed by atoms with E-state index in [0.29, 0.717) is 17.9 Å². The van der Waals surface area contributed by atoms with Crippen LogP contribution in [0.25, 0.3) is 0 Å². The maximum absolute atomic E-state index is 13.7. The average molecular weight is 509 g/mol. The number of rotatable bonds is 7. The quantitative estimate of drug-likeness (QED) is 0.494. The minimum absolute atomic E-state index is 0.128. The number of benzene rings is 3. The number of carbonyl (C=O) groups is 1. The molecule has 3 aromatic rings. The Bertz CT molecular complexity index is 1370. The van der Waals surface area contributed by atoms with Crippen LogP contribution in [0.5, 0.6) is 11.5 Å². The van der Waals surface area contributed by atoms with Gasteiger partial charge < -0.3 is 14.8 Å². The lowest BCUT2D eigenvalue weighted by Gasteiger charge is -2.35. The summed E-state index contributed by atoms with van der Waals surface area (Å²) in [4.78, 5) is 13.6. The maximum Gasteiger partial charge on any atom is 0.264 e. The Morgan fingerprint density at radius 1 is 1.06 bits per heavy atom. The first-order valence-corrected chi connectivity index (χ1v) is 13.4. The number of sulfonamides is 1. The van der Waals surface area contributed by atoms with Crippen LogP contribution in [-0.4, -0.2) is 34.1 Å². The summed E-state index contributed by atoms with van der Waals surface area (Å²) in [5.41, 5.74) is 4.20. The van der Waals surface area contributed by atoms with E-state index in [1.54, 1.807) is 43.5 Å². The fraction of sp³-hybridized carbons (Fsp3) is 0.321. The molecule has 1 aliphatic rings. The van der Waals surface area contributed by atoms with E-state index >= 15 is 0 Å². The monoisotopic (exact) mass is 508 g/mol. The van der Waals surface area contributed by atoms with Gasteiger partial charge in [0.05, 0.1) is 30.3 Å². The normalized spacial score (nSPS) is 16.0. The molecule has 0 aliphatic carbocycles. The second-order valence-electron chi connectivity index (χ2n) is 9.13. The van der Waals surface area contributed by atoms with Crippen LogP contribution in [0.2, 0.25) is 0 Å². The molecule has 3 aromatic carbocycles. The number of nitrogens with zero attached hydrogens (tertiary/aromatic N) is 1. The largest absolute Gasteiger partial charge is 0.496 e. The third-order valence-electron chi connectivity index (χ3n) is 6.43. The van der Waals surface area contributed by atoms with Gasteiger partial charge in [-0.05, 0) is 74.2 Å². The number of methoxy groups -OCH3 is 1. The summed E-state index contributed by atoms with van der Waals surface area (Å²) in [5, 5.41) is 3.05. The van der Waals surface area contributed by atoms with Crippen LogP contribution in [-0.2, 0) is 14.8 Å². The minimum Gasteiger partial charge on any atom is -0.496 e. The van der Waals surface area contributed by atoms with Crippen molar-refractivity contribution in [2.24, 2.45) is 0 Å². The van der Waals surface area contributed by atoms with Gasteiger partial charge in [0.1, 0.15) is 11.5 Å². The van der Waals surface area contributed by atoms with Gasteiger partial charge in [-0.2, -0.15) is 0 Å². The second-order valence-corrected chi connectivity index (χ2v) is 11.0. The standard InChI is InChI=1S/C28H32N2O5S/c1-6-23(21-10-14-25(34-5)20(4)16-21)29-28(31)27-17-30(24-15-19(3)9-13-26(24)35-27)36(32,33)22-11-7-18(2)8-12-22/h7-16,23,27H,6,17H2,1-5H3,(H,29,31)/t23-,27-/m0/s1. The third kappa shape index (κ3) is 5.04. The molecular weight excluding hydrogens is 476 g/mol. The number of carbonyl (C=O) groups excluding carboxylic acids is 1. The Kier molecular flexibility index (Phi) is 7.26. The van der Waals surface area contributed by atoms with E-state index in [9.17, 15) is 13.2 Å². The highest BCUT2D eigenvalue weighted by molar-refractivity contribution is 7.92. The molecule has 0 radical (unpaired) electrons. The summed E-state index contributed by atoms with van der Waals surface area (Å²) in [6.07, 6.45) is -0.348. The molecule has 0 unspecified atom stereocenters. The van der Waals surface area contributed by atoms with Gasteiger partial charge in [-0.1, -0.05) is 42.8 Å². The lowest BCUT2D eigenvalue weighted by molar-refractivity contribution is -0.128. The van der Waals surface area contributed by atoms with Crippen LogP contribution >= 0.6 is 0 Å². The molecule has 0 fully saturated rings. The van der Waals surface area contributed by atoms with Crippen molar-refractivity contribution in [1.29, 1.82) is 0 Å². The fourth-order valence-corrected chi connectivity index (χ4v) is 5.83. The van der Waals surface area contributed by atoms with Crippen molar-refractivity contribution in [2.45, 2.75) is 51.2 Å². The van der Waals surface area contributed by atoms with E-state index in [0.717, 1.165) is 28.0 Å². The average Bonchev–Trinajstić information content (AvgIpc) is 2.86. The number of fused-ring (bicyclic) bond motifs is 1. The van der Waals surface area contributed by atoms with E-state index in [2.05, 4.69) is 5.32 Å². The van der Waals surface area contributed by atoms with Crippen LogP contribution in [0, 0.1) is 20.8 Å². The molecule has 1 heterocycles. The number of anilines is 1. The number of aryl methyl sites for hydroxylation is 3. The topological polar surface area (TPSA) is 84.9 Å². The Labute approximate surface area is 213 Å². The molecular formula is C28H32N2O5S. The van der Waals surface area contributed by atoms with Crippen LogP contribution < -0.4 is 19.1 Å². The first-order chi connectivity index (χ1) is 17.1. The molecule has 1 aliphatic heterocycles. The van der Waals surface area contributed by atoms with Crippen molar-refractivity contribution in [3.8, 4) is 11.5 Å². The van der Waals surface area contributed by atoms with Gasteiger partial charge in [0.25, 0.3) is 15.9 Å². The van der Waals surface area contributed by atoms with E-state index < -0.39 is 16.1 Å². The van der Waals surface area contributed by atoms with E-state index in [4.69, 9.17) is 9.47 Å². The van der Waals surface area contributed by atoms with Gasteiger partial charge in [0.2, 0.25) is 0 Å². The van der Waals surface area contributed by atoms with Crippen LogP contribution in [0.3, 0.4) is 0 Å². The number of hydrogen-bond donors (Lipinski definition) is 1. The minimum atomic E-state index is -3.92. The maximum atomic E-state index is 13.7. The Hall–Kier alpha value is -3.52. The predicted molar refractivity (Wildman–Crippen MR) is 140 cm³/mol. The SMILES string of the molecule is CC[C@H](NC(=O)[C@@H]1CN(S(=O)(=O)c2ccc(C)cc2)c2cc(C)ccc2O1)c1ccc(OC)c(C)c1. The Morgan fingerprint density at radius 3 is 2.39 bits per heavy atom. The fourth-order valence-electron chi connectivity index (χ4n) is 4.37. The van der Waals surface area contributed by atoms with Crippen molar-refractivity contribution < 1.29 is 22.7 Å². The summed E-state index contributed by atoms with van der Waals surface area (Å²) in [5.74, 6) is 0.765. The van der Waals surface area contributed by atoms with E-state index in [-0.39, 0.29) is 23.4 Å². The zero-order valence-electron chi connectivity index (χ0n) is 21.2. The smallest absolute Gasteiger partial charge is 0.264 e. The molecule has 0 bridgehead atoms. The summed E-state index contributed by atoms with van der Waals surface area (Å²) in [7, 11) is -2.29. The lowest BCUT2D eigenvalue weighted by atomic mass is 10.0. The van der Waals surface area contributed by atoms with Gasteiger partial charge in [-0.15, -0.1) is 0 Å². The zero-order valence-corrected chi connectivity index (χ0v) is 22.1. The highest BCUT2D eigenvalue weighted by atomic mass is 32.2. The Balaban J connectivity index is 1.64. The summed E-state index contributed by atoms with van der Waals surface area (Å²) >= 11 is 0.